The van der Waals surface area contributed by atoms with Gasteiger partial charge in [0, 0.05) is 49.4 Å². The molecule has 3 heterocycles. The molecule has 6 heteroatoms. The van der Waals surface area contributed by atoms with Crippen LogP contribution in [0.4, 0.5) is 0 Å². The second-order valence-electron chi connectivity index (χ2n) is 18.4. The Bertz CT molecular complexity index is 4250. The SMILES string of the molecule is Cc1ccccc1-c1ccc2c(c1)c1ccccc1n2-c1ccc(C#N)cc1-c1ccc(-c2nc(-c3ccccc3)nc(-c3ccccc3)n2)cc1-n1c2ccccc2c2cc(-c3ccccc3C)ccc21. The van der Waals surface area contributed by atoms with Gasteiger partial charge in [-0.1, -0.05) is 170 Å². The molecule has 3 aromatic heterocycles. The molecule has 13 aromatic rings. The monoisotopic (exact) mass is 920 g/mol. The average Bonchev–Trinajstić information content (AvgIpc) is 3.95. The van der Waals surface area contributed by atoms with E-state index in [0.717, 1.165) is 88.4 Å². The highest BCUT2D eigenvalue weighted by Gasteiger charge is 2.23. The Morgan fingerprint density at radius 2 is 0.764 bits per heavy atom. The van der Waals surface area contributed by atoms with Crippen LogP contribution in [0.3, 0.4) is 0 Å². The minimum atomic E-state index is 0.552. The molecule has 0 fully saturated rings. The summed E-state index contributed by atoms with van der Waals surface area (Å²) in [6.07, 6.45) is 0. The maximum absolute atomic E-state index is 10.7. The fraction of sp³-hybridized carbons (Fsp3) is 0.0303. The smallest absolute Gasteiger partial charge is 0.164 e. The number of benzene rings is 10. The average molecular weight is 921 g/mol. The summed E-state index contributed by atoms with van der Waals surface area (Å²) in [4.78, 5) is 15.5. The Kier molecular flexibility index (Phi) is 10.2. The summed E-state index contributed by atoms with van der Waals surface area (Å²) in [5.74, 6) is 1.73. The van der Waals surface area contributed by atoms with Crippen molar-refractivity contribution in [1.82, 2.24) is 24.1 Å². The van der Waals surface area contributed by atoms with Gasteiger partial charge in [0.1, 0.15) is 0 Å². The van der Waals surface area contributed by atoms with Gasteiger partial charge >= 0.3 is 0 Å². The number of nitrogens with zero attached hydrogens (tertiary/aromatic N) is 6. The van der Waals surface area contributed by atoms with Crippen LogP contribution in [0.15, 0.2) is 231 Å². The maximum atomic E-state index is 10.7. The van der Waals surface area contributed by atoms with Crippen molar-refractivity contribution < 1.29 is 0 Å². The number of hydrogen-bond acceptors (Lipinski definition) is 4. The number of para-hydroxylation sites is 2. The summed E-state index contributed by atoms with van der Waals surface area (Å²) in [5, 5.41) is 15.2. The standard InChI is InChI=1S/C66H44N6/c1-42-17-9-11-23-50(42)47-31-35-61-56(38-47)52-25-13-15-27-58(52)71(61)60-34-29-44(41-67)37-55(60)54-33-30-49(66-69-64(45-19-5-3-6-20-45)68-65(70-66)46-21-7-4-8-22-46)40-63(54)72-59-28-16-14-26-53(59)57-39-48(32-36-62(57)72)51-24-12-10-18-43(51)2/h3-40H,1-2H3. The van der Waals surface area contributed by atoms with Crippen molar-refractivity contribution in [3.63, 3.8) is 0 Å². The fourth-order valence-corrected chi connectivity index (χ4v) is 10.6. The molecule has 13 rings (SSSR count). The van der Waals surface area contributed by atoms with Gasteiger partial charge in [0.15, 0.2) is 17.5 Å². The molecule has 0 unspecified atom stereocenters. The molecule has 0 radical (unpaired) electrons. The summed E-state index contributed by atoms with van der Waals surface area (Å²) < 4.78 is 4.75. The van der Waals surface area contributed by atoms with Gasteiger partial charge < -0.3 is 9.13 Å². The van der Waals surface area contributed by atoms with Crippen molar-refractivity contribution in [2.75, 3.05) is 0 Å². The molecule has 0 spiro atoms. The number of rotatable bonds is 8. The van der Waals surface area contributed by atoms with E-state index in [2.05, 4.69) is 187 Å². The van der Waals surface area contributed by atoms with Crippen LogP contribution in [-0.4, -0.2) is 24.1 Å². The van der Waals surface area contributed by atoms with E-state index in [4.69, 9.17) is 15.0 Å². The largest absolute Gasteiger partial charge is 0.309 e. The van der Waals surface area contributed by atoms with E-state index >= 15 is 0 Å². The minimum Gasteiger partial charge on any atom is -0.309 e. The summed E-state index contributed by atoms with van der Waals surface area (Å²) in [7, 11) is 0. The highest BCUT2D eigenvalue weighted by atomic mass is 15.0. The highest BCUT2D eigenvalue weighted by molar-refractivity contribution is 6.13. The van der Waals surface area contributed by atoms with Crippen molar-refractivity contribution in [3.8, 4) is 85.0 Å². The molecule has 0 aliphatic heterocycles. The summed E-state index contributed by atoms with van der Waals surface area (Å²) in [5.41, 5.74) is 18.4. The molecular formula is C66H44N6. The fourth-order valence-electron chi connectivity index (χ4n) is 10.6. The van der Waals surface area contributed by atoms with Gasteiger partial charge in [0.05, 0.1) is 45.1 Å². The van der Waals surface area contributed by atoms with Crippen LogP contribution in [0, 0.1) is 25.2 Å². The molecule has 0 bridgehead atoms. The van der Waals surface area contributed by atoms with E-state index in [9.17, 15) is 5.26 Å². The first-order valence-electron chi connectivity index (χ1n) is 24.2. The summed E-state index contributed by atoms with van der Waals surface area (Å²) >= 11 is 0. The van der Waals surface area contributed by atoms with Crippen molar-refractivity contribution in [2.45, 2.75) is 13.8 Å². The van der Waals surface area contributed by atoms with Crippen molar-refractivity contribution in [3.05, 3.63) is 247 Å². The Morgan fingerprint density at radius 1 is 0.319 bits per heavy atom. The van der Waals surface area contributed by atoms with E-state index in [1.807, 2.05) is 72.8 Å². The van der Waals surface area contributed by atoms with Crippen molar-refractivity contribution in [1.29, 1.82) is 5.26 Å². The van der Waals surface area contributed by atoms with Crippen LogP contribution < -0.4 is 0 Å². The molecule has 0 amide bonds. The lowest BCUT2D eigenvalue weighted by molar-refractivity contribution is 1.07. The van der Waals surface area contributed by atoms with Crippen LogP contribution in [0.25, 0.3) is 123 Å². The Labute approximate surface area is 417 Å². The quantitative estimate of drug-likeness (QED) is 0.152. The highest BCUT2D eigenvalue weighted by Crippen LogP contribution is 2.44. The zero-order valence-corrected chi connectivity index (χ0v) is 39.6. The third kappa shape index (κ3) is 7.14. The zero-order chi connectivity index (χ0) is 48.3. The van der Waals surface area contributed by atoms with Crippen molar-refractivity contribution in [2.24, 2.45) is 0 Å². The normalized spacial score (nSPS) is 11.5. The second-order valence-corrected chi connectivity index (χ2v) is 18.4. The number of hydrogen-bond donors (Lipinski definition) is 0. The van der Waals surface area contributed by atoms with Gasteiger partial charge in [-0.05, 0) is 108 Å². The molecular weight excluding hydrogens is 877 g/mol. The van der Waals surface area contributed by atoms with Crippen LogP contribution in [-0.2, 0) is 0 Å². The molecule has 0 saturated carbocycles. The van der Waals surface area contributed by atoms with E-state index in [-0.39, 0.29) is 0 Å². The minimum absolute atomic E-state index is 0.552. The zero-order valence-electron chi connectivity index (χ0n) is 39.6. The summed E-state index contributed by atoms with van der Waals surface area (Å²) in [6.45, 7) is 4.33. The third-order valence-electron chi connectivity index (χ3n) is 14.1. The summed E-state index contributed by atoms with van der Waals surface area (Å²) in [6, 6.07) is 83.3. The second kappa shape index (κ2) is 17.4. The van der Waals surface area contributed by atoms with E-state index < -0.39 is 0 Å². The number of aromatic nitrogens is 5. The Hall–Kier alpha value is -9.70. The molecule has 0 saturated heterocycles. The molecule has 0 aliphatic carbocycles. The van der Waals surface area contributed by atoms with Gasteiger partial charge in [-0.3, -0.25) is 0 Å². The molecule has 0 atom stereocenters. The molecule has 6 nitrogen and oxygen atoms in total. The first-order valence-corrected chi connectivity index (χ1v) is 24.2. The van der Waals surface area contributed by atoms with E-state index in [1.54, 1.807) is 0 Å². The molecule has 0 aliphatic rings. The third-order valence-corrected chi connectivity index (χ3v) is 14.1. The van der Waals surface area contributed by atoms with Gasteiger partial charge in [-0.2, -0.15) is 5.26 Å². The first-order chi connectivity index (χ1) is 35.5. The van der Waals surface area contributed by atoms with Crippen LogP contribution in [0.5, 0.6) is 0 Å². The van der Waals surface area contributed by atoms with Gasteiger partial charge in [-0.25, -0.2) is 15.0 Å². The van der Waals surface area contributed by atoms with Crippen LogP contribution >= 0.6 is 0 Å². The lowest BCUT2D eigenvalue weighted by atomic mass is 9.96. The Balaban J connectivity index is 1.11. The lowest BCUT2D eigenvalue weighted by Crippen LogP contribution is -2.04. The number of aryl methyl sites for hydroxylation is 2. The predicted octanol–water partition coefficient (Wildman–Crippen LogP) is 16.6. The van der Waals surface area contributed by atoms with E-state index in [1.165, 1.54) is 27.8 Å². The Morgan fingerprint density at radius 3 is 1.29 bits per heavy atom. The predicted molar refractivity (Wildman–Crippen MR) is 295 cm³/mol. The lowest BCUT2D eigenvalue weighted by Gasteiger charge is -2.20. The molecule has 0 N–H and O–H groups in total. The topological polar surface area (TPSA) is 72.3 Å². The van der Waals surface area contributed by atoms with Gasteiger partial charge in [-0.15, -0.1) is 0 Å². The number of nitriles is 1. The van der Waals surface area contributed by atoms with Crippen LogP contribution in [0.1, 0.15) is 16.7 Å². The first kappa shape index (κ1) is 42.4. The van der Waals surface area contributed by atoms with Crippen molar-refractivity contribution >= 4 is 43.6 Å². The van der Waals surface area contributed by atoms with Gasteiger partial charge in [0.2, 0.25) is 0 Å². The molecule has 10 aromatic carbocycles. The maximum Gasteiger partial charge on any atom is 0.164 e. The van der Waals surface area contributed by atoms with Crippen LogP contribution in [0.2, 0.25) is 0 Å². The van der Waals surface area contributed by atoms with Gasteiger partial charge in [0.25, 0.3) is 0 Å². The van der Waals surface area contributed by atoms with E-state index in [0.29, 0.717) is 23.0 Å². The molecule has 72 heavy (non-hydrogen) atoms. The number of fused-ring (bicyclic) bond motifs is 6. The molecule has 338 valence electrons.